The SMILES string of the molecule is CC(=NNc1c(Cl)cc(Cl)cc1Cl)c1ccco1. The minimum absolute atomic E-state index is 0.406. The maximum atomic E-state index is 6.02. The van der Waals surface area contributed by atoms with Crippen LogP contribution in [0.1, 0.15) is 12.7 Å². The number of rotatable bonds is 3. The van der Waals surface area contributed by atoms with Crippen LogP contribution in [0.4, 0.5) is 5.69 Å². The summed E-state index contributed by atoms with van der Waals surface area (Å²) in [6.07, 6.45) is 1.58. The molecule has 0 aliphatic heterocycles. The lowest BCUT2D eigenvalue weighted by molar-refractivity contribution is 0.557. The largest absolute Gasteiger partial charge is 0.463 e. The Bertz CT molecular complexity index is 556. The fourth-order valence-corrected chi connectivity index (χ4v) is 2.23. The first-order valence-corrected chi connectivity index (χ1v) is 6.20. The van der Waals surface area contributed by atoms with Crippen LogP contribution in [0.5, 0.6) is 0 Å². The van der Waals surface area contributed by atoms with Crippen LogP contribution in [0, 0.1) is 0 Å². The summed E-state index contributed by atoms with van der Waals surface area (Å²) < 4.78 is 5.21. The Labute approximate surface area is 119 Å². The summed E-state index contributed by atoms with van der Waals surface area (Å²) in [5.41, 5.74) is 3.99. The Morgan fingerprint density at radius 1 is 1.22 bits per heavy atom. The van der Waals surface area contributed by atoms with Crippen molar-refractivity contribution in [2.24, 2.45) is 5.10 Å². The monoisotopic (exact) mass is 302 g/mol. The molecule has 1 aromatic carbocycles. The van der Waals surface area contributed by atoms with E-state index in [1.807, 2.05) is 13.0 Å². The van der Waals surface area contributed by atoms with E-state index in [0.717, 1.165) is 0 Å². The second-order valence-corrected chi connectivity index (χ2v) is 4.78. The predicted molar refractivity (Wildman–Crippen MR) is 76.0 cm³/mol. The molecule has 0 spiro atoms. The van der Waals surface area contributed by atoms with Crippen molar-refractivity contribution in [2.45, 2.75) is 6.92 Å². The van der Waals surface area contributed by atoms with E-state index in [-0.39, 0.29) is 0 Å². The fourth-order valence-electron chi connectivity index (χ4n) is 1.33. The number of hydrogen-bond acceptors (Lipinski definition) is 3. The van der Waals surface area contributed by atoms with Gasteiger partial charge in [0.2, 0.25) is 0 Å². The minimum Gasteiger partial charge on any atom is -0.463 e. The number of furan rings is 1. The third-order valence-corrected chi connectivity index (χ3v) is 3.03. The quantitative estimate of drug-likeness (QED) is 0.634. The van der Waals surface area contributed by atoms with Crippen LogP contribution < -0.4 is 5.43 Å². The maximum Gasteiger partial charge on any atom is 0.149 e. The highest BCUT2D eigenvalue weighted by Gasteiger charge is 2.07. The molecule has 0 fully saturated rings. The normalized spacial score (nSPS) is 11.7. The van der Waals surface area contributed by atoms with Gasteiger partial charge < -0.3 is 4.42 Å². The zero-order valence-corrected chi connectivity index (χ0v) is 11.6. The summed E-state index contributed by atoms with van der Waals surface area (Å²) in [6.45, 7) is 1.81. The van der Waals surface area contributed by atoms with E-state index in [0.29, 0.717) is 32.2 Å². The summed E-state index contributed by atoms with van der Waals surface area (Å²) in [5, 5.41) is 5.44. The summed E-state index contributed by atoms with van der Waals surface area (Å²) in [5.74, 6) is 0.670. The van der Waals surface area contributed by atoms with Gasteiger partial charge in [-0.05, 0) is 31.2 Å². The first-order chi connectivity index (χ1) is 8.58. The van der Waals surface area contributed by atoms with Gasteiger partial charge in [0.05, 0.1) is 22.0 Å². The fraction of sp³-hybridized carbons (Fsp3) is 0.0833. The smallest absolute Gasteiger partial charge is 0.149 e. The maximum absolute atomic E-state index is 6.02. The first-order valence-electron chi connectivity index (χ1n) is 5.06. The molecule has 0 saturated heterocycles. The Morgan fingerprint density at radius 2 is 1.89 bits per heavy atom. The van der Waals surface area contributed by atoms with Crippen molar-refractivity contribution in [1.29, 1.82) is 0 Å². The highest BCUT2D eigenvalue weighted by molar-refractivity contribution is 6.41. The van der Waals surface area contributed by atoms with E-state index >= 15 is 0 Å². The predicted octanol–water partition coefficient (Wildman–Crippen LogP) is 5.08. The third-order valence-electron chi connectivity index (χ3n) is 2.22. The summed E-state index contributed by atoms with van der Waals surface area (Å²) in [4.78, 5) is 0. The molecule has 0 aliphatic carbocycles. The van der Waals surface area contributed by atoms with Crippen LogP contribution >= 0.6 is 34.8 Å². The van der Waals surface area contributed by atoms with Crippen LogP contribution in [0.25, 0.3) is 0 Å². The van der Waals surface area contributed by atoms with E-state index in [9.17, 15) is 0 Å². The number of benzene rings is 1. The summed E-state index contributed by atoms with van der Waals surface area (Å²) in [7, 11) is 0. The first kappa shape index (κ1) is 13.3. The van der Waals surface area contributed by atoms with Crippen LogP contribution in [0.3, 0.4) is 0 Å². The molecule has 0 bridgehead atoms. The highest BCUT2D eigenvalue weighted by atomic mass is 35.5. The van der Waals surface area contributed by atoms with Gasteiger partial charge in [-0.25, -0.2) is 0 Å². The molecule has 18 heavy (non-hydrogen) atoms. The van der Waals surface area contributed by atoms with Gasteiger partial charge in [0, 0.05) is 5.02 Å². The second kappa shape index (κ2) is 5.65. The average molecular weight is 304 g/mol. The van der Waals surface area contributed by atoms with Crippen LogP contribution in [-0.2, 0) is 0 Å². The topological polar surface area (TPSA) is 37.5 Å². The molecular weight excluding hydrogens is 295 g/mol. The second-order valence-electron chi connectivity index (χ2n) is 3.53. The molecule has 2 rings (SSSR count). The number of nitrogens with one attached hydrogen (secondary N) is 1. The zero-order valence-electron chi connectivity index (χ0n) is 9.38. The Hall–Kier alpha value is -1.16. The Balaban J connectivity index is 2.23. The molecule has 0 amide bonds. The van der Waals surface area contributed by atoms with Crippen molar-refractivity contribution < 1.29 is 4.42 Å². The van der Waals surface area contributed by atoms with Gasteiger partial charge in [-0.15, -0.1) is 0 Å². The number of hydrogen-bond donors (Lipinski definition) is 1. The third kappa shape index (κ3) is 2.99. The van der Waals surface area contributed by atoms with E-state index in [1.165, 1.54) is 0 Å². The molecule has 3 nitrogen and oxygen atoms in total. The zero-order chi connectivity index (χ0) is 13.1. The average Bonchev–Trinajstić information content (AvgIpc) is 2.80. The molecule has 1 heterocycles. The van der Waals surface area contributed by atoms with Gasteiger partial charge in [0.15, 0.2) is 0 Å². The number of nitrogens with zero attached hydrogens (tertiary/aromatic N) is 1. The van der Waals surface area contributed by atoms with E-state index in [1.54, 1.807) is 24.5 Å². The molecule has 0 saturated carbocycles. The highest BCUT2D eigenvalue weighted by Crippen LogP contribution is 2.33. The van der Waals surface area contributed by atoms with Gasteiger partial charge in [0.25, 0.3) is 0 Å². The van der Waals surface area contributed by atoms with Crippen molar-refractivity contribution in [3.63, 3.8) is 0 Å². The van der Waals surface area contributed by atoms with Crippen molar-refractivity contribution in [1.82, 2.24) is 0 Å². The molecule has 1 aromatic heterocycles. The van der Waals surface area contributed by atoms with Gasteiger partial charge in [-0.1, -0.05) is 34.8 Å². The lowest BCUT2D eigenvalue weighted by Crippen LogP contribution is -1.99. The number of hydrazone groups is 1. The van der Waals surface area contributed by atoms with E-state index in [4.69, 9.17) is 39.2 Å². The molecule has 6 heteroatoms. The molecule has 0 atom stereocenters. The molecular formula is C12H9Cl3N2O. The van der Waals surface area contributed by atoms with Crippen molar-refractivity contribution in [3.8, 4) is 0 Å². The van der Waals surface area contributed by atoms with Gasteiger partial charge >= 0.3 is 0 Å². The summed E-state index contributed by atoms with van der Waals surface area (Å²) in [6, 6.07) is 6.78. The molecule has 1 N–H and O–H groups in total. The molecule has 2 aromatic rings. The molecule has 0 aliphatic rings. The molecule has 0 unspecified atom stereocenters. The summed E-state index contributed by atoms with van der Waals surface area (Å²) >= 11 is 17.9. The minimum atomic E-state index is 0.406. The van der Waals surface area contributed by atoms with Crippen LogP contribution in [0.2, 0.25) is 15.1 Å². The van der Waals surface area contributed by atoms with Crippen molar-refractivity contribution >= 4 is 46.2 Å². The van der Waals surface area contributed by atoms with E-state index < -0.39 is 0 Å². The van der Waals surface area contributed by atoms with Crippen molar-refractivity contribution in [2.75, 3.05) is 5.43 Å². The standard InChI is InChI=1S/C12H9Cl3N2O/c1-7(11-3-2-4-18-11)16-17-12-9(14)5-8(13)6-10(12)15/h2-6,17H,1H3. The number of anilines is 1. The van der Waals surface area contributed by atoms with Gasteiger partial charge in [-0.2, -0.15) is 5.10 Å². The Kier molecular flexibility index (Phi) is 4.17. The Morgan fingerprint density at radius 3 is 2.44 bits per heavy atom. The van der Waals surface area contributed by atoms with Gasteiger partial charge in [-0.3, -0.25) is 5.43 Å². The molecule has 0 radical (unpaired) electrons. The van der Waals surface area contributed by atoms with Crippen LogP contribution in [-0.4, -0.2) is 5.71 Å². The van der Waals surface area contributed by atoms with Gasteiger partial charge in [0.1, 0.15) is 11.5 Å². The van der Waals surface area contributed by atoms with Crippen molar-refractivity contribution in [3.05, 3.63) is 51.4 Å². The lowest BCUT2D eigenvalue weighted by atomic mass is 10.3. The molecule has 94 valence electrons. The van der Waals surface area contributed by atoms with E-state index in [2.05, 4.69) is 10.5 Å². The van der Waals surface area contributed by atoms with Crippen LogP contribution in [0.15, 0.2) is 40.0 Å². The number of halogens is 3. The lowest BCUT2D eigenvalue weighted by Gasteiger charge is -2.07.